The van der Waals surface area contributed by atoms with Crippen LogP contribution in [0.15, 0.2) is 0 Å². The summed E-state index contributed by atoms with van der Waals surface area (Å²) in [6.45, 7) is 6.82. The lowest BCUT2D eigenvalue weighted by atomic mass is 10.1. The molecular formula is C10H15ClN2O. The largest absolute Gasteiger partial charge is 0.298 e. The highest BCUT2D eigenvalue weighted by Gasteiger charge is 2.15. The van der Waals surface area contributed by atoms with Crippen LogP contribution in [0.4, 0.5) is 0 Å². The average Bonchev–Trinajstić information content (AvgIpc) is 2.41. The third-order valence-corrected chi connectivity index (χ3v) is 2.42. The maximum absolute atomic E-state index is 10.8. The average molecular weight is 215 g/mol. The number of aromatic nitrogens is 2. The Morgan fingerprint density at radius 1 is 1.57 bits per heavy atom. The number of hydrogen-bond acceptors (Lipinski definition) is 2. The Labute approximate surface area is 89.1 Å². The molecule has 0 amide bonds. The molecule has 0 spiro atoms. The molecule has 0 aromatic carbocycles. The van der Waals surface area contributed by atoms with Crippen LogP contribution >= 0.6 is 11.6 Å². The molecule has 0 fully saturated rings. The van der Waals surface area contributed by atoms with Crippen molar-refractivity contribution in [2.24, 2.45) is 5.92 Å². The zero-order chi connectivity index (χ0) is 10.7. The number of aryl methyl sites for hydroxylation is 1. The van der Waals surface area contributed by atoms with Crippen molar-refractivity contribution in [1.29, 1.82) is 0 Å². The van der Waals surface area contributed by atoms with E-state index in [0.29, 0.717) is 23.2 Å². The Kier molecular flexibility index (Phi) is 3.69. The van der Waals surface area contributed by atoms with Crippen molar-refractivity contribution in [3.63, 3.8) is 0 Å². The van der Waals surface area contributed by atoms with E-state index in [9.17, 15) is 4.79 Å². The first-order chi connectivity index (χ1) is 6.60. The molecule has 14 heavy (non-hydrogen) atoms. The summed E-state index contributed by atoms with van der Waals surface area (Å²) in [5, 5.41) is 4.75. The number of hydrogen-bond donors (Lipinski definition) is 0. The fourth-order valence-electron chi connectivity index (χ4n) is 1.37. The fourth-order valence-corrected chi connectivity index (χ4v) is 1.68. The van der Waals surface area contributed by atoms with Crippen molar-refractivity contribution in [3.8, 4) is 0 Å². The molecule has 0 aliphatic rings. The molecule has 1 heterocycles. The molecule has 78 valence electrons. The summed E-state index contributed by atoms with van der Waals surface area (Å²) in [5.74, 6) is 0.477. The van der Waals surface area contributed by atoms with Crippen LogP contribution in [0.2, 0.25) is 5.15 Å². The van der Waals surface area contributed by atoms with Crippen LogP contribution in [0.5, 0.6) is 0 Å². The summed E-state index contributed by atoms with van der Waals surface area (Å²) in [6.07, 6.45) is 1.58. The van der Waals surface area contributed by atoms with Gasteiger partial charge in [0.15, 0.2) is 6.29 Å². The van der Waals surface area contributed by atoms with Gasteiger partial charge in [0.2, 0.25) is 0 Å². The summed E-state index contributed by atoms with van der Waals surface area (Å²) in [5.41, 5.74) is 1.35. The van der Waals surface area contributed by atoms with E-state index in [1.165, 1.54) is 0 Å². The third kappa shape index (κ3) is 2.15. The monoisotopic (exact) mass is 214 g/mol. The van der Waals surface area contributed by atoms with Gasteiger partial charge in [-0.3, -0.25) is 9.48 Å². The van der Waals surface area contributed by atoms with Crippen LogP contribution in [0.25, 0.3) is 0 Å². The summed E-state index contributed by atoms with van der Waals surface area (Å²) in [6, 6.07) is 0. The van der Waals surface area contributed by atoms with Crippen LogP contribution in [-0.4, -0.2) is 16.1 Å². The molecule has 1 rings (SSSR count). The van der Waals surface area contributed by atoms with Crippen molar-refractivity contribution in [1.82, 2.24) is 9.78 Å². The lowest BCUT2D eigenvalue weighted by Gasteiger charge is -2.00. The van der Waals surface area contributed by atoms with E-state index in [1.807, 2.05) is 6.92 Å². The maximum atomic E-state index is 10.8. The van der Waals surface area contributed by atoms with Gasteiger partial charge in [-0.05, 0) is 19.3 Å². The molecule has 0 aliphatic carbocycles. The number of nitrogens with zero attached hydrogens (tertiary/aromatic N) is 2. The molecule has 0 unspecified atom stereocenters. The van der Waals surface area contributed by atoms with Crippen LogP contribution in [0.3, 0.4) is 0 Å². The molecule has 0 saturated carbocycles. The standard InChI is InChI=1S/C10H15ClN2O/c1-4-13-10(11)8(6-14)9(12-13)5-7(2)3/h6-7H,4-5H2,1-3H3. The maximum Gasteiger partial charge on any atom is 0.155 e. The molecule has 0 saturated heterocycles. The lowest BCUT2D eigenvalue weighted by Crippen LogP contribution is -2.00. The smallest absolute Gasteiger partial charge is 0.155 e. The minimum atomic E-state index is 0.457. The van der Waals surface area contributed by atoms with Crippen LogP contribution in [0.1, 0.15) is 36.8 Å². The summed E-state index contributed by atoms with van der Waals surface area (Å²) in [7, 11) is 0. The Balaban J connectivity index is 3.08. The van der Waals surface area contributed by atoms with E-state index in [-0.39, 0.29) is 0 Å². The Morgan fingerprint density at radius 3 is 2.64 bits per heavy atom. The van der Waals surface area contributed by atoms with E-state index < -0.39 is 0 Å². The quantitative estimate of drug-likeness (QED) is 0.723. The van der Waals surface area contributed by atoms with Crippen molar-refractivity contribution in [3.05, 3.63) is 16.4 Å². The molecule has 3 nitrogen and oxygen atoms in total. The summed E-state index contributed by atoms with van der Waals surface area (Å²) in [4.78, 5) is 10.8. The second kappa shape index (κ2) is 4.60. The first-order valence-corrected chi connectivity index (χ1v) is 5.18. The van der Waals surface area contributed by atoms with Crippen molar-refractivity contribution in [2.45, 2.75) is 33.7 Å². The van der Waals surface area contributed by atoms with Crippen LogP contribution in [-0.2, 0) is 13.0 Å². The van der Waals surface area contributed by atoms with Crippen molar-refractivity contribution < 1.29 is 4.79 Å². The highest BCUT2D eigenvalue weighted by Crippen LogP contribution is 2.20. The number of halogens is 1. The van der Waals surface area contributed by atoms with Gasteiger partial charge in [0.1, 0.15) is 5.15 Å². The minimum absolute atomic E-state index is 0.457. The zero-order valence-electron chi connectivity index (χ0n) is 8.75. The first kappa shape index (κ1) is 11.2. The Bertz CT molecular complexity index is 331. The van der Waals surface area contributed by atoms with Gasteiger partial charge in [0.05, 0.1) is 11.3 Å². The number of rotatable bonds is 4. The molecule has 4 heteroatoms. The third-order valence-electron chi connectivity index (χ3n) is 2.02. The Morgan fingerprint density at radius 2 is 2.21 bits per heavy atom. The second-order valence-electron chi connectivity index (χ2n) is 3.68. The van der Waals surface area contributed by atoms with E-state index in [2.05, 4.69) is 18.9 Å². The van der Waals surface area contributed by atoms with E-state index in [4.69, 9.17) is 11.6 Å². The molecule has 0 radical (unpaired) electrons. The first-order valence-electron chi connectivity index (χ1n) is 4.80. The van der Waals surface area contributed by atoms with Gasteiger partial charge in [0.25, 0.3) is 0 Å². The van der Waals surface area contributed by atoms with E-state index in [1.54, 1.807) is 4.68 Å². The van der Waals surface area contributed by atoms with Crippen molar-refractivity contribution in [2.75, 3.05) is 0 Å². The highest BCUT2D eigenvalue weighted by atomic mass is 35.5. The topological polar surface area (TPSA) is 34.9 Å². The number of carbonyl (C=O) groups excluding carboxylic acids is 1. The molecule has 0 N–H and O–H groups in total. The van der Waals surface area contributed by atoms with Gasteiger partial charge in [0, 0.05) is 6.54 Å². The van der Waals surface area contributed by atoms with Crippen LogP contribution in [0, 0.1) is 5.92 Å². The summed E-state index contributed by atoms with van der Waals surface area (Å²) < 4.78 is 1.66. The number of aldehydes is 1. The zero-order valence-corrected chi connectivity index (χ0v) is 9.51. The van der Waals surface area contributed by atoms with Gasteiger partial charge in [-0.15, -0.1) is 0 Å². The number of carbonyl (C=O) groups is 1. The normalized spacial score (nSPS) is 10.9. The molecule has 0 atom stereocenters. The highest BCUT2D eigenvalue weighted by molar-refractivity contribution is 6.32. The van der Waals surface area contributed by atoms with E-state index in [0.717, 1.165) is 18.4 Å². The van der Waals surface area contributed by atoms with Crippen LogP contribution < -0.4 is 0 Å². The predicted octanol–water partition coefficient (Wildman–Crippen LogP) is 2.57. The van der Waals surface area contributed by atoms with Gasteiger partial charge >= 0.3 is 0 Å². The van der Waals surface area contributed by atoms with Gasteiger partial charge < -0.3 is 0 Å². The van der Waals surface area contributed by atoms with Gasteiger partial charge in [-0.1, -0.05) is 25.4 Å². The SMILES string of the molecule is CCn1nc(CC(C)C)c(C=O)c1Cl. The van der Waals surface area contributed by atoms with Gasteiger partial charge in [-0.2, -0.15) is 5.10 Å². The molecular weight excluding hydrogens is 200 g/mol. The van der Waals surface area contributed by atoms with Crippen molar-refractivity contribution >= 4 is 17.9 Å². The Hall–Kier alpha value is -0.830. The van der Waals surface area contributed by atoms with Gasteiger partial charge in [-0.25, -0.2) is 0 Å². The fraction of sp³-hybridized carbons (Fsp3) is 0.600. The van der Waals surface area contributed by atoms with E-state index >= 15 is 0 Å². The summed E-state index contributed by atoms with van der Waals surface area (Å²) >= 11 is 5.98. The molecule has 0 aliphatic heterocycles. The predicted molar refractivity (Wildman–Crippen MR) is 56.8 cm³/mol. The minimum Gasteiger partial charge on any atom is -0.298 e. The molecule has 1 aromatic heterocycles. The molecule has 0 bridgehead atoms. The molecule has 1 aromatic rings. The lowest BCUT2D eigenvalue weighted by molar-refractivity contribution is 0.112. The second-order valence-corrected chi connectivity index (χ2v) is 4.04.